The highest BCUT2D eigenvalue weighted by Gasteiger charge is 2.41. The second-order valence-electron chi connectivity index (χ2n) is 3.03. The first-order chi connectivity index (χ1) is 6.82. The lowest BCUT2D eigenvalue weighted by atomic mass is 10.5. The lowest BCUT2D eigenvalue weighted by Crippen LogP contribution is -2.38. The predicted octanol–water partition coefficient (Wildman–Crippen LogP) is 1.11. The smallest absolute Gasteiger partial charge is 0.286 e. The lowest BCUT2D eigenvalue weighted by Gasteiger charge is -2.28. The van der Waals surface area contributed by atoms with E-state index in [1.807, 2.05) is 0 Å². The van der Waals surface area contributed by atoms with Crippen molar-refractivity contribution in [3.8, 4) is 0 Å². The lowest BCUT2D eigenvalue weighted by molar-refractivity contribution is -0.180. The van der Waals surface area contributed by atoms with Crippen LogP contribution in [0.2, 0.25) is 0 Å². The van der Waals surface area contributed by atoms with Gasteiger partial charge in [-0.15, -0.1) is 0 Å². The molecule has 0 aromatic rings. The number of carbonyl (C=O) groups is 1. The van der Waals surface area contributed by atoms with Gasteiger partial charge in [0, 0.05) is 38.9 Å². The molecule has 1 amide bonds. The first kappa shape index (κ1) is 11.6. The molecule has 1 rings (SSSR count). The van der Waals surface area contributed by atoms with E-state index in [-0.39, 0.29) is 0 Å². The van der Waals surface area contributed by atoms with Gasteiger partial charge in [0.05, 0.1) is 0 Å². The fraction of sp³-hybridized carbons (Fsp3) is 0.375. The van der Waals surface area contributed by atoms with E-state index < -0.39 is 12.1 Å². The van der Waals surface area contributed by atoms with Crippen LogP contribution in [-0.4, -0.2) is 41.1 Å². The number of alkyl halides is 3. The summed E-state index contributed by atoms with van der Waals surface area (Å²) in [7, 11) is 3.44. The molecular formula is C8H10F3N3O. The van der Waals surface area contributed by atoms with Gasteiger partial charge in [-0.05, 0) is 0 Å². The SMILES string of the molecule is CN(C)N1C=CN(C(=O)C(F)(F)F)C=C1. The molecule has 84 valence electrons. The van der Waals surface area contributed by atoms with E-state index in [0.29, 0.717) is 4.90 Å². The van der Waals surface area contributed by atoms with Crippen molar-refractivity contribution in [1.82, 2.24) is 14.9 Å². The van der Waals surface area contributed by atoms with Gasteiger partial charge in [0.1, 0.15) is 0 Å². The monoisotopic (exact) mass is 221 g/mol. The minimum absolute atomic E-state index is 0.486. The fourth-order valence-corrected chi connectivity index (χ4v) is 0.928. The Kier molecular flexibility index (Phi) is 3.04. The van der Waals surface area contributed by atoms with Crippen molar-refractivity contribution in [1.29, 1.82) is 0 Å². The van der Waals surface area contributed by atoms with Crippen molar-refractivity contribution in [3.05, 3.63) is 24.8 Å². The summed E-state index contributed by atoms with van der Waals surface area (Å²) in [5.74, 6) is -1.91. The zero-order chi connectivity index (χ0) is 11.6. The third kappa shape index (κ3) is 2.72. The molecule has 7 heteroatoms. The Morgan fingerprint density at radius 3 is 1.93 bits per heavy atom. The summed E-state index contributed by atoms with van der Waals surface area (Å²) in [5, 5.41) is 3.17. The number of halogens is 3. The van der Waals surface area contributed by atoms with E-state index in [4.69, 9.17) is 0 Å². The largest absolute Gasteiger partial charge is 0.472 e. The molecule has 4 nitrogen and oxygen atoms in total. The number of amides is 1. The normalized spacial score (nSPS) is 16.4. The third-order valence-electron chi connectivity index (χ3n) is 1.70. The van der Waals surface area contributed by atoms with Crippen LogP contribution in [0, 0.1) is 0 Å². The molecular weight excluding hydrogens is 211 g/mol. The molecule has 0 aromatic carbocycles. The van der Waals surface area contributed by atoms with Crippen LogP contribution in [0.25, 0.3) is 0 Å². The van der Waals surface area contributed by atoms with E-state index in [1.54, 1.807) is 19.1 Å². The third-order valence-corrected chi connectivity index (χ3v) is 1.70. The number of nitrogens with zero attached hydrogens (tertiary/aromatic N) is 3. The van der Waals surface area contributed by atoms with Crippen LogP contribution in [0.1, 0.15) is 0 Å². The number of hydrogen-bond acceptors (Lipinski definition) is 3. The van der Waals surface area contributed by atoms with Crippen molar-refractivity contribution >= 4 is 5.91 Å². The van der Waals surface area contributed by atoms with Gasteiger partial charge in [-0.25, -0.2) is 5.01 Å². The molecule has 0 unspecified atom stereocenters. The Bertz CT molecular complexity index is 295. The molecule has 1 aliphatic heterocycles. The number of carbonyl (C=O) groups excluding carboxylic acids is 1. The van der Waals surface area contributed by atoms with Crippen LogP contribution in [0.15, 0.2) is 24.8 Å². The molecule has 0 bridgehead atoms. The number of rotatable bonds is 1. The van der Waals surface area contributed by atoms with Crippen LogP contribution in [0.5, 0.6) is 0 Å². The van der Waals surface area contributed by atoms with Gasteiger partial charge in [0.2, 0.25) is 0 Å². The maximum absolute atomic E-state index is 12.0. The van der Waals surface area contributed by atoms with Crippen molar-refractivity contribution in [2.24, 2.45) is 0 Å². The second kappa shape index (κ2) is 3.93. The molecule has 15 heavy (non-hydrogen) atoms. The molecule has 0 aliphatic carbocycles. The average molecular weight is 221 g/mol. The summed E-state index contributed by atoms with van der Waals surface area (Å²) in [6, 6.07) is 0. The Morgan fingerprint density at radius 1 is 1.13 bits per heavy atom. The molecule has 0 fully saturated rings. The quantitative estimate of drug-likeness (QED) is 0.663. The van der Waals surface area contributed by atoms with E-state index in [2.05, 4.69) is 0 Å². The van der Waals surface area contributed by atoms with Gasteiger partial charge in [-0.2, -0.15) is 13.2 Å². The Labute approximate surface area is 84.8 Å². The molecule has 0 saturated heterocycles. The van der Waals surface area contributed by atoms with Crippen molar-refractivity contribution in [2.75, 3.05) is 14.1 Å². The number of hydrogen-bond donors (Lipinski definition) is 0. The van der Waals surface area contributed by atoms with Crippen molar-refractivity contribution in [2.45, 2.75) is 6.18 Å². The van der Waals surface area contributed by atoms with Gasteiger partial charge >= 0.3 is 12.1 Å². The Morgan fingerprint density at radius 2 is 1.60 bits per heavy atom. The van der Waals surface area contributed by atoms with E-state index >= 15 is 0 Å². The van der Waals surface area contributed by atoms with E-state index in [0.717, 1.165) is 12.4 Å². The highest BCUT2D eigenvalue weighted by atomic mass is 19.4. The molecule has 0 N–H and O–H groups in total. The zero-order valence-electron chi connectivity index (χ0n) is 8.19. The topological polar surface area (TPSA) is 26.8 Å². The molecule has 0 aromatic heterocycles. The molecule has 0 radical (unpaired) electrons. The minimum atomic E-state index is -4.85. The van der Waals surface area contributed by atoms with Crippen LogP contribution in [0.3, 0.4) is 0 Å². The Balaban J connectivity index is 2.69. The van der Waals surface area contributed by atoms with Gasteiger partial charge < -0.3 is 0 Å². The second-order valence-corrected chi connectivity index (χ2v) is 3.03. The van der Waals surface area contributed by atoms with Crippen LogP contribution < -0.4 is 0 Å². The summed E-state index contributed by atoms with van der Waals surface area (Å²) in [6.07, 6.45) is -0.0477. The van der Waals surface area contributed by atoms with Crippen molar-refractivity contribution < 1.29 is 18.0 Å². The Hall–Kier alpha value is -1.50. The van der Waals surface area contributed by atoms with Gasteiger partial charge in [0.25, 0.3) is 0 Å². The van der Waals surface area contributed by atoms with Crippen LogP contribution in [0.4, 0.5) is 13.2 Å². The first-order valence-electron chi connectivity index (χ1n) is 4.04. The summed E-state index contributed by atoms with van der Waals surface area (Å²) >= 11 is 0. The van der Waals surface area contributed by atoms with E-state index in [9.17, 15) is 18.0 Å². The van der Waals surface area contributed by atoms with Crippen LogP contribution in [-0.2, 0) is 4.79 Å². The molecule has 1 aliphatic rings. The van der Waals surface area contributed by atoms with Gasteiger partial charge in [-0.3, -0.25) is 14.7 Å². The summed E-state index contributed by atoms with van der Waals surface area (Å²) in [6.45, 7) is 0. The van der Waals surface area contributed by atoms with Gasteiger partial charge in [0.15, 0.2) is 0 Å². The maximum Gasteiger partial charge on any atom is 0.472 e. The highest BCUT2D eigenvalue weighted by molar-refractivity contribution is 5.83. The summed E-state index contributed by atoms with van der Waals surface area (Å²) < 4.78 is 36.0. The molecule has 0 atom stereocenters. The highest BCUT2D eigenvalue weighted by Crippen LogP contribution is 2.20. The molecule has 0 saturated carbocycles. The first-order valence-corrected chi connectivity index (χ1v) is 4.04. The summed E-state index contributed by atoms with van der Waals surface area (Å²) in [5.41, 5.74) is 0. The standard InChI is InChI=1S/C8H10F3N3O/c1-12(2)14-5-3-13(4-6-14)7(15)8(9,10)11/h3-6H,1-2H3. The predicted molar refractivity (Wildman–Crippen MR) is 46.7 cm³/mol. The van der Waals surface area contributed by atoms with E-state index in [1.165, 1.54) is 17.4 Å². The van der Waals surface area contributed by atoms with Crippen LogP contribution >= 0.6 is 0 Å². The maximum atomic E-state index is 12.0. The zero-order valence-corrected chi connectivity index (χ0v) is 8.19. The summed E-state index contributed by atoms with van der Waals surface area (Å²) in [4.78, 5) is 11.2. The average Bonchev–Trinajstić information content (AvgIpc) is 2.15. The molecule has 0 spiro atoms. The van der Waals surface area contributed by atoms with Gasteiger partial charge in [-0.1, -0.05) is 0 Å². The number of hydrazine groups is 1. The fourth-order valence-electron chi connectivity index (χ4n) is 0.928. The molecule has 1 heterocycles. The van der Waals surface area contributed by atoms with Crippen molar-refractivity contribution in [3.63, 3.8) is 0 Å². The minimum Gasteiger partial charge on any atom is -0.286 e.